The molecule has 3 unspecified atom stereocenters. The maximum atomic E-state index is 15.4. The van der Waals surface area contributed by atoms with E-state index in [1.165, 1.54) is 35.4 Å². The lowest BCUT2D eigenvalue weighted by Crippen LogP contribution is -2.21. The van der Waals surface area contributed by atoms with E-state index in [0.717, 1.165) is 67.2 Å². The highest BCUT2D eigenvalue weighted by atomic mass is 35.5. The Morgan fingerprint density at radius 2 is 1.71 bits per heavy atom. The van der Waals surface area contributed by atoms with Gasteiger partial charge in [-0.15, -0.1) is 0 Å². The number of ketones is 2. The summed E-state index contributed by atoms with van der Waals surface area (Å²) in [6.07, 6.45) is 12.8. The number of carbonyl (C=O) groups excluding carboxylic acids is 2. The van der Waals surface area contributed by atoms with Crippen molar-refractivity contribution in [2.75, 3.05) is 0 Å². The predicted octanol–water partition coefficient (Wildman–Crippen LogP) is 12.1. The molecule has 0 aromatic heterocycles. The van der Waals surface area contributed by atoms with Crippen molar-refractivity contribution in [2.24, 2.45) is 17.8 Å². The topological polar surface area (TPSA) is 54.4 Å². The number of halogens is 2. The second kappa shape index (κ2) is 16.5. The first-order valence-corrected chi connectivity index (χ1v) is 18.7. The van der Waals surface area contributed by atoms with E-state index < -0.39 is 5.82 Å². The summed E-state index contributed by atoms with van der Waals surface area (Å²) in [7, 11) is 0. The molecule has 2 aliphatic rings. The van der Waals surface area contributed by atoms with Gasteiger partial charge in [0.1, 0.15) is 17.3 Å². The summed E-state index contributed by atoms with van der Waals surface area (Å²) in [5, 5.41) is 11.3. The van der Waals surface area contributed by atoms with E-state index in [1.54, 1.807) is 0 Å². The Bertz CT molecular complexity index is 1700. The third-order valence-electron chi connectivity index (χ3n) is 11.3. The average Bonchev–Trinajstić information content (AvgIpc) is 3.07. The zero-order chi connectivity index (χ0) is 35.2. The fourth-order valence-electron chi connectivity index (χ4n) is 8.59. The fraction of sp³-hybridized carbons (Fsp3) is 0.455. The highest BCUT2D eigenvalue weighted by Crippen LogP contribution is 2.47. The Kier molecular flexibility index (Phi) is 12.4. The lowest BCUT2D eigenvalue weighted by Gasteiger charge is -2.32. The Balaban J connectivity index is 1.63. The molecule has 1 saturated carbocycles. The van der Waals surface area contributed by atoms with Crippen LogP contribution in [-0.4, -0.2) is 16.7 Å². The van der Waals surface area contributed by atoms with Gasteiger partial charge in [0.05, 0.1) is 5.56 Å². The first-order valence-electron chi connectivity index (χ1n) is 18.3. The monoisotopic (exact) mass is 682 g/mol. The smallest absolute Gasteiger partial charge is 0.158 e. The fourth-order valence-corrected chi connectivity index (χ4v) is 8.93. The number of phenols is 1. The minimum Gasteiger partial charge on any atom is -0.507 e. The number of hydrogen-bond donors (Lipinski definition) is 1. The number of benzene rings is 3. The molecule has 1 N–H and O–H groups in total. The number of hydrogen-bond acceptors (Lipinski definition) is 3. The normalized spacial score (nSPS) is 23.7. The van der Waals surface area contributed by atoms with Crippen LogP contribution in [0.3, 0.4) is 0 Å². The van der Waals surface area contributed by atoms with Crippen LogP contribution in [0.15, 0.2) is 67.3 Å². The minimum absolute atomic E-state index is 0.0595. The van der Waals surface area contributed by atoms with Crippen LogP contribution in [0.4, 0.5) is 4.39 Å². The molecule has 260 valence electrons. The summed E-state index contributed by atoms with van der Waals surface area (Å²) in [5.74, 6) is 0.453. The molecule has 0 saturated heterocycles. The maximum Gasteiger partial charge on any atom is 0.158 e. The molecule has 0 amide bonds. The van der Waals surface area contributed by atoms with Gasteiger partial charge in [0.15, 0.2) is 5.78 Å². The molecule has 4 atom stereocenters. The Morgan fingerprint density at radius 1 is 0.980 bits per heavy atom. The van der Waals surface area contributed by atoms with Gasteiger partial charge in [-0.25, -0.2) is 4.39 Å². The van der Waals surface area contributed by atoms with Gasteiger partial charge in [-0.2, -0.15) is 0 Å². The second-order valence-electron chi connectivity index (χ2n) is 14.7. The molecule has 5 rings (SSSR count). The summed E-state index contributed by atoms with van der Waals surface area (Å²) in [5.41, 5.74) is 7.14. The van der Waals surface area contributed by atoms with Gasteiger partial charge in [0, 0.05) is 28.8 Å². The lowest BCUT2D eigenvalue weighted by molar-refractivity contribution is -0.120. The van der Waals surface area contributed by atoms with Crippen molar-refractivity contribution in [3.8, 4) is 16.9 Å². The first-order chi connectivity index (χ1) is 23.5. The molecule has 0 heterocycles. The van der Waals surface area contributed by atoms with Crippen molar-refractivity contribution in [1.29, 1.82) is 0 Å². The summed E-state index contributed by atoms with van der Waals surface area (Å²) in [6.45, 7) is 12.4. The molecule has 49 heavy (non-hydrogen) atoms. The number of fused-ring (bicyclic) bond motifs is 1. The first kappa shape index (κ1) is 36.8. The van der Waals surface area contributed by atoms with Crippen LogP contribution in [0.25, 0.3) is 16.7 Å². The van der Waals surface area contributed by atoms with E-state index >= 15 is 4.39 Å². The van der Waals surface area contributed by atoms with E-state index in [0.29, 0.717) is 42.2 Å². The van der Waals surface area contributed by atoms with Gasteiger partial charge in [0.2, 0.25) is 0 Å². The second-order valence-corrected chi connectivity index (χ2v) is 15.1. The SMILES string of the molecule is C=CC(=O)C1CCCCC(/C2=C/CCC(=O)C(c3ccccc3C(C)C)CCc3c2cc(Cl)c(-c2c(O)cccc2F)c3C)[C@@H](C)CCC1. The van der Waals surface area contributed by atoms with Gasteiger partial charge in [-0.1, -0.05) is 101 Å². The molecule has 3 nitrogen and oxygen atoms in total. The van der Waals surface area contributed by atoms with Crippen LogP contribution in [0.5, 0.6) is 5.75 Å². The molecular formula is C44H52ClFO3. The Hall–Kier alpha value is -3.50. The highest BCUT2D eigenvalue weighted by Gasteiger charge is 2.31. The van der Waals surface area contributed by atoms with Crippen molar-refractivity contribution in [2.45, 2.75) is 110 Å². The molecule has 2 aliphatic carbocycles. The van der Waals surface area contributed by atoms with Crippen LogP contribution in [0.1, 0.15) is 125 Å². The number of rotatable bonds is 6. The molecule has 3 aromatic carbocycles. The van der Waals surface area contributed by atoms with Gasteiger partial charge in [-0.3, -0.25) is 9.59 Å². The van der Waals surface area contributed by atoms with E-state index in [4.69, 9.17) is 11.6 Å². The number of aromatic hydroxyl groups is 1. The standard InChI is InChI=1S/C44H52ClFO3/c1-6-40(47)30-15-7-8-18-32(28(4)14-11-16-30)35-20-12-22-41(48)36(34-19-10-9-17-31(34)27(2)3)25-24-33-29(5)43(38(45)26-37(33)35)44-39(46)21-13-23-42(44)49/h6,9-10,13,17,19-21,23,26-28,30,32,36,49H,1,7-8,11-12,14-16,18,22,24-25H2,2-5H3/b35-20-/t28-,30?,32?,36?/m0/s1. The van der Waals surface area contributed by atoms with Crippen molar-refractivity contribution >= 4 is 28.7 Å². The zero-order valence-electron chi connectivity index (χ0n) is 29.7. The van der Waals surface area contributed by atoms with Crippen LogP contribution in [0, 0.1) is 30.5 Å². The van der Waals surface area contributed by atoms with Gasteiger partial charge < -0.3 is 5.11 Å². The molecule has 0 spiro atoms. The molecular weight excluding hydrogens is 631 g/mol. The van der Waals surface area contributed by atoms with Crippen LogP contribution in [-0.2, 0) is 16.0 Å². The maximum absolute atomic E-state index is 15.4. The Morgan fingerprint density at radius 3 is 2.45 bits per heavy atom. The molecule has 0 bridgehead atoms. The highest BCUT2D eigenvalue weighted by molar-refractivity contribution is 6.34. The summed E-state index contributed by atoms with van der Waals surface area (Å²) in [6, 6.07) is 14.7. The van der Waals surface area contributed by atoms with Crippen molar-refractivity contribution < 1.29 is 19.1 Å². The number of Topliss-reactive ketones (excluding diaryl/α,β-unsaturated/α-hetero) is 1. The summed E-state index contributed by atoms with van der Waals surface area (Å²) >= 11 is 7.12. The van der Waals surface area contributed by atoms with Crippen LogP contribution in [0.2, 0.25) is 5.02 Å². The van der Waals surface area contributed by atoms with Crippen molar-refractivity contribution in [1.82, 2.24) is 0 Å². The molecule has 5 heteroatoms. The molecule has 3 aromatic rings. The number of carbonyl (C=O) groups is 2. The minimum atomic E-state index is -0.520. The average molecular weight is 683 g/mol. The number of phenolic OH excluding ortho intramolecular Hbond substituents is 1. The van der Waals surface area contributed by atoms with E-state index in [1.807, 2.05) is 25.1 Å². The van der Waals surface area contributed by atoms with Crippen molar-refractivity contribution in [3.63, 3.8) is 0 Å². The van der Waals surface area contributed by atoms with Gasteiger partial charge in [-0.05, 0) is 121 Å². The summed E-state index contributed by atoms with van der Waals surface area (Å²) < 4.78 is 15.4. The van der Waals surface area contributed by atoms with Gasteiger partial charge in [0.25, 0.3) is 0 Å². The molecule has 0 aliphatic heterocycles. The number of allylic oxidation sites excluding steroid dienone is 3. The van der Waals surface area contributed by atoms with Crippen molar-refractivity contribution in [3.05, 3.63) is 106 Å². The Labute approximate surface area is 297 Å². The third kappa shape index (κ3) is 8.12. The third-order valence-corrected chi connectivity index (χ3v) is 11.6. The summed E-state index contributed by atoms with van der Waals surface area (Å²) in [4.78, 5) is 26.6. The predicted molar refractivity (Wildman–Crippen MR) is 201 cm³/mol. The molecule has 0 radical (unpaired) electrons. The quantitative estimate of drug-likeness (QED) is 0.263. The van der Waals surface area contributed by atoms with Crippen LogP contribution < -0.4 is 0 Å². The van der Waals surface area contributed by atoms with Gasteiger partial charge >= 0.3 is 0 Å². The molecule has 1 fully saturated rings. The van der Waals surface area contributed by atoms with E-state index in [-0.39, 0.29) is 46.6 Å². The largest absolute Gasteiger partial charge is 0.507 e. The van der Waals surface area contributed by atoms with E-state index in [2.05, 4.69) is 45.6 Å². The lowest BCUT2D eigenvalue weighted by atomic mass is 9.72. The zero-order valence-corrected chi connectivity index (χ0v) is 30.4. The van der Waals surface area contributed by atoms with Crippen LogP contribution >= 0.6 is 11.6 Å². The van der Waals surface area contributed by atoms with E-state index in [9.17, 15) is 14.7 Å².